The largest absolute Gasteiger partial charge is 0.448 e. The van der Waals surface area contributed by atoms with Gasteiger partial charge in [-0.25, -0.2) is 4.79 Å². The van der Waals surface area contributed by atoms with Crippen molar-refractivity contribution in [3.05, 3.63) is 59.7 Å². The Morgan fingerprint density at radius 2 is 0.833 bits per heavy atom. The highest BCUT2D eigenvalue weighted by Gasteiger charge is 2.29. The minimum absolute atomic E-state index is 0.0420. The third kappa shape index (κ3) is 20.3. The van der Waals surface area contributed by atoms with E-state index in [0.29, 0.717) is 125 Å². The molecule has 0 bridgehead atoms. The second-order valence-electron chi connectivity index (χ2n) is 13.0. The van der Waals surface area contributed by atoms with E-state index in [1.54, 1.807) is 7.05 Å². The molecule has 12 nitrogen and oxygen atoms in total. The molecule has 0 spiro atoms. The number of likely N-dealkylation sites (N-methyl/N-ethyl adjacent to an activating group) is 1. The van der Waals surface area contributed by atoms with E-state index in [4.69, 9.17) is 47.4 Å². The molecule has 1 aliphatic rings. The van der Waals surface area contributed by atoms with E-state index in [0.717, 1.165) is 13.0 Å². The Kier molecular flexibility index (Phi) is 26.7. The molecule has 0 heterocycles. The van der Waals surface area contributed by atoms with E-state index < -0.39 is 0 Å². The van der Waals surface area contributed by atoms with Gasteiger partial charge >= 0.3 is 6.09 Å². The van der Waals surface area contributed by atoms with Crippen LogP contribution in [-0.2, 0) is 47.4 Å². The van der Waals surface area contributed by atoms with Crippen LogP contribution in [0.4, 0.5) is 4.79 Å². The maximum Gasteiger partial charge on any atom is 0.409 e. The summed E-state index contributed by atoms with van der Waals surface area (Å²) in [5, 5.41) is 0. The number of fused-ring (bicyclic) bond motifs is 3. The zero-order valence-electron chi connectivity index (χ0n) is 33.0. The number of amides is 1. The number of ether oxygens (including phenoxy) is 10. The number of nitrogens with zero attached hydrogens (tertiary/aromatic N) is 1. The third-order valence-electron chi connectivity index (χ3n) is 8.84. The smallest absolute Gasteiger partial charge is 0.409 e. The molecular weight excluding hydrogens is 694 g/mol. The van der Waals surface area contributed by atoms with Gasteiger partial charge in [0.15, 0.2) is 0 Å². The quantitative estimate of drug-likeness (QED) is 0.0722. The van der Waals surface area contributed by atoms with Crippen LogP contribution < -0.4 is 0 Å². The molecule has 0 unspecified atom stereocenters. The first kappa shape index (κ1) is 45.7. The van der Waals surface area contributed by atoms with Gasteiger partial charge in [-0.2, -0.15) is 0 Å². The van der Waals surface area contributed by atoms with E-state index in [9.17, 15) is 4.79 Å². The Hall–Kier alpha value is -2.65. The molecule has 0 aliphatic heterocycles. The maximum absolute atomic E-state index is 12.6. The number of unbranched alkanes of at least 4 members (excludes halogenated alkanes) is 5. The van der Waals surface area contributed by atoms with Crippen molar-refractivity contribution >= 4 is 6.09 Å². The van der Waals surface area contributed by atoms with E-state index in [1.165, 1.54) is 59.3 Å². The van der Waals surface area contributed by atoms with Gasteiger partial charge in [0.25, 0.3) is 0 Å². The summed E-state index contributed by atoms with van der Waals surface area (Å²) in [5.41, 5.74) is 4.81. The molecule has 306 valence electrons. The average Bonchev–Trinajstić information content (AvgIpc) is 3.52. The second kappa shape index (κ2) is 31.5. The fraction of sp³-hybridized carbons (Fsp3) is 0.690. The molecule has 0 fully saturated rings. The van der Waals surface area contributed by atoms with Gasteiger partial charge in [0.2, 0.25) is 0 Å². The molecule has 3 rings (SSSR count). The van der Waals surface area contributed by atoms with Gasteiger partial charge in [-0.15, -0.1) is 0 Å². The highest BCUT2D eigenvalue weighted by Crippen LogP contribution is 2.44. The summed E-state index contributed by atoms with van der Waals surface area (Å²) >= 11 is 0. The van der Waals surface area contributed by atoms with Crippen molar-refractivity contribution in [2.24, 2.45) is 0 Å². The van der Waals surface area contributed by atoms with Crippen LogP contribution in [0.2, 0.25) is 0 Å². The number of hydrogen-bond acceptors (Lipinski definition) is 11. The van der Waals surface area contributed by atoms with Gasteiger partial charge in [0.05, 0.1) is 112 Å². The highest BCUT2D eigenvalue weighted by atomic mass is 16.6. The van der Waals surface area contributed by atoms with Crippen LogP contribution in [0.5, 0.6) is 0 Å². The van der Waals surface area contributed by atoms with Crippen molar-refractivity contribution in [2.75, 3.05) is 139 Å². The summed E-state index contributed by atoms with van der Waals surface area (Å²) < 4.78 is 55.6. The first-order chi connectivity index (χ1) is 26.7. The third-order valence-corrected chi connectivity index (χ3v) is 8.84. The van der Waals surface area contributed by atoms with Crippen LogP contribution in [0.25, 0.3) is 11.1 Å². The fourth-order valence-corrected chi connectivity index (χ4v) is 5.84. The van der Waals surface area contributed by atoms with Crippen LogP contribution in [0, 0.1) is 0 Å². The Morgan fingerprint density at radius 3 is 1.26 bits per heavy atom. The standard InChI is InChI=1S/C42H67NO11/c1-3-4-5-6-7-12-18-45-20-22-47-24-26-49-28-30-51-32-34-53-35-33-52-31-29-50-27-25-48-23-21-46-19-17-43(2)42(44)54-36-41-39-15-10-8-13-37(39)38-14-9-11-16-40(38)41/h8-11,13-16,41H,3-7,12,17-36H2,1-2H3. The normalized spacial score (nSPS) is 12.3. The number of carbonyl (C=O) groups excluding carboxylic acids is 1. The van der Waals surface area contributed by atoms with Gasteiger partial charge in [-0.05, 0) is 28.7 Å². The average molecular weight is 762 g/mol. The van der Waals surface area contributed by atoms with Gasteiger partial charge in [0, 0.05) is 26.1 Å². The summed E-state index contributed by atoms with van der Waals surface area (Å²) in [6, 6.07) is 16.6. The lowest BCUT2D eigenvalue weighted by atomic mass is 9.98. The minimum Gasteiger partial charge on any atom is -0.448 e. The molecule has 1 aliphatic carbocycles. The van der Waals surface area contributed by atoms with E-state index in [2.05, 4.69) is 31.2 Å². The molecule has 54 heavy (non-hydrogen) atoms. The van der Waals surface area contributed by atoms with Crippen LogP contribution in [0.3, 0.4) is 0 Å². The van der Waals surface area contributed by atoms with Crippen LogP contribution >= 0.6 is 0 Å². The molecule has 0 saturated carbocycles. The molecule has 1 amide bonds. The first-order valence-corrected chi connectivity index (χ1v) is 20.0. The first-order valence-electron chi connectivity index (χ1n) is 20.0. The molecule has 0 radical (unpaired) electrons. The maximum atomic E-state index is 12.6. The fourth-order valence-electron chi connectivity index (χ4n) is 5.84. The Labute approximate surface area is 323 Å². The van der Waals surface area contributed by atoms with Crippen molar-refractivity contribution in [1.82, 2.24) is 4.90 Å². The molecule has 12 heteroatoms. The predicted octanol–water partition coefficient (Wildman–Crippen LogP) is 6.38. The van der Waals surface area contributed by atoms with Crippen molar-refractivity contribution in [3.63, 3.8) is 0 Å². The van der Waals surface area contributed by atoms with Crippen LogP contribution in [-0.4, -0.2) is 150 Å². The molecule has 0 aromatic heterocycles. The number of carbonyl (C=O) groups is 1. The van der Waals surface area contributed by atoms with Gasteiger partial charge in [-0.3, -0.25) is 0 Å². The predicted molar refractivity (Wildman–Crippen MR) is 208 cm³/mol. The molecule has 0 atom stereocenters. The van der Waals surface area contributed by atoms with Crippen molar-refractivity contribution in [1.29, 1.82) is 0 Å². The second-order valence-corrected chi connectivity index (χ2v) is 13.0. The summed E-state index contributed by atoms with van der Waals surface area (Å²) in [4.78, 5) is 14.1. The minimum atomic E-state index is -0.360. The van der Waals surface area contributed by atoms with Crippen molar-refractivity contribution < 1.29 is 52.2 Å². The number of hydrogen-bond donors (Lipinski definition) is 0. The topological polar surface area (TPSA) is 113 Å². The van der Waals surface area contributed by atoms with Crippen LogP contribution in [0.1, 0.15) is 62.5 Å². The summed E-state index contributed by atoms with van der Waals surface area (Å²) in [5.74, 6) is 0.0420. The summed E-state index contributed by atoms with van der Waals surface area (Å²) in [6.07, 6.45) is 7.30. The lowest BCUT2D eigenvalue weighted by Gasteiger charge is -2.19. The Balaban J connectivity index is 0.974. The molecule has 0 N–H and O–H groups in total. The zero-order valence-corrected chi connectivity index (χ0v) is 33.0. The van der Waals surface area contributed by atoms with E-state index in [1.807, 2.05) is 24.3 Å². The molecule has 2 aromatic rings. The number of rotatable bonds is 36. The van der Waals surface area contributed by atoms with E-state index in [-0.39, 0.29) is 12.0 Å². The van der Waals surface area contributed by atoms with E-state index >= 15 is 0 Å². The Morgan fingerprint density at radius 1 is 0.481 bits per heavy atom. The molecular formula is C42H67NO11. The van der Waals surface area contributed by atoms with Gasteiger partial charge in [-0.1, -0.05) is 87.6 Å². The lowest BCUT2D eigenvalue weighted by Crippen LogP contribution is -2.32. The van der Waals surface area contributed by atoms with Crippen molar-refractivity contribution in [3.8, 4) is 11.1 Å². The van der Waals surface area contributed by atoms with Crippen molar-refractivity contribution in [2.45, 2.75) is 51.4 Å². The molecule has 2 aromatic carbocycles. The monoisotopic (exact) mass is 761 g/mol. The molecule has 0 saturated heterocycles. The van der Waals surface area contributed by atoms with Gasteiger partial charge in [0.1, 0.15) is 6.61 Å². The summed E-state index contributed by atoms with van der Waals surface area (Å²) in [6.45, 7) is 12.5. The lowest BCUT2D eigenvalue weighted by molar-refractivity contribution is -0.0252. The zero-order chi connectivity index (χ0) is 38.2. The highest BCUT2D eigenvalue weighted by molar-refractivity contribution is 5.79. The number of benzene rings is 2. The Bertz CT molecular complexity index is 1160. The van der Waals surface area contributed by atoms with Gasteiger partial charge < -0.3 is 52.3 Å². The SMILES string of the molecule is CCCCCCCCOCCOCCOCCOCCOCCOCCOCCOCCOCCN(C)C(=O)OCC1c2ccccc2-c2ccccc21. The van der Waals surface area contributed by atoms with Crippen LogP contribution in [0.15, 0.2) is 48.5 Å². The summed E-state index contributed by atoms with van der Waals surface area (Å²) in [7, 11) is 1.72.